The molecular weight excluding hydrogens is 299 g/mol. The molecule has 2 nitrogen and oxygen atoms in total. The normalized spacial score (nSPS) is 19.9. The fourth-order valence-corrected chi connectivity index (χ4v) is 2.47. The second-order valence-electron chi connectivity index (χ2n) is 5.27. The van der Waals surface area contributed by atoms with Gasteiger partial charge in [0.05, 0.1) is 5.60 Å². The minimum absolute atomic E-state index is 0. The predicted octanol–water partition coefficient (Wildman–Crippen LogP) is 2.61. The number of nitrogens with one attached hydrogen (secondary N) is 1. The van der Waals surface area contributed by atoms with Gasteiger partial charge in [0.2, 0.25) is 0 Å². The first-order valence-corrected chi connectivity index (χ1v) is 6.61. The van der Waals surface area contributed by atoms with Gasteiger partial charge in [-0.05, 0) is 19.8 Å². The van der Waals surface area contributed by atoms with E-state index in [4.69, 9.17) is 0 Å². The summed E-state index contributed by atoms with van der Waals surface area (Å²) < 4.78 is 0. The van der Waals surface area contributed by atoms with Crippen LogP contribution in [0.1, 0.15) is 44.6 Å². The average molecular weight is 321 g/mol. The van der Waals surface area contributed by atoms with Crippen LogP contribution >= 0.6 is 0 Å². The summed E-state index contributed by atoms with van der Waals surface area (Å²) in [5, 5.41) is 13.9. The fourth-order valence-electron chi connectivity index (χ4n) is 2.47. The van der Waals surface area contributed by atoms with Gasteiger partial charge >= 0.3 is 0 Å². The Kier molecular flexibility index (Phi) is 7.01. The molecule has 3 heteroatoms. The molecule has 1 saturated carbocycles. The number of hydrogen-bond donors (Lipinski definition) is 2. The minimum atomic E-state index is -0.821. The number of benzene rings is 1. The zero-order valence-electron chi connectivity index (χ0n) is 11.2. The van der Waals surface area contributed by atoms with Crippen LogP contribution in [0.25, 0.3) is 0 Å². The van der Waals surface area contributed by atoms with Crippen molar-refractivity contribution in [1.82, 2.24) is 5.32 Å². The topological polar surface area (TPSA) is 32.3 Å². The molecule has 18 heavy (non-hydrogen) atoms. The predicted molar refractivity (Wildman–Crippen MR) is 69.7 cm³/mol. The van der Waals surface area contributed by atoms with Gasteiger partial charge in [-0.15, -0.1) is 5.56 Å². The standard InChI is InChI=1S/C15H22NO.Y/c1-15(17,13-8-4-2-5-9-13)12-16-14-10-6-3-7-11-14;/h2,4-5,8,14,16-17H,3,6-7,10-12H2,1H3;/q-1;. The molecule has 2 rings (SSSR count). The third-order valence-corrected chi connectivity index (χ3v) is 3.63. The smallest absolute Gasteiger partial charge is 0.0770 e. The van der Waals surface area contributed by atoms with E-state index >= 15 is 0 Å². The molecule has 1 aliphatic rings. The zero-order chi connectivity index (χ0) is 12.1. The van der Waals surface area contributed by atoms with Crippen LogP contribution in [0.3, 0.4) is 0 Å². The largest absolute Gasteiger partial charge is 0.386 e. The molecule has 0 amide bonds. The first-order chi connectivity index (χ1) is 8.18. The fraction of sp³-hybridized carbons (Fsp3) is 0.600. The van der Waals surface area contributed by atoms with Gasteiger partial charge in [-0.2, -0.15) is 30.3 Å². The molecule has 1 aromatic carbocycles. The maximum Gasteiger partial charge on any atom is 0.0770 e. The van der Waals surface area contributed by atoms with Gasteiger partial charge in [0, 0.05) is 45.3 Å². The van der Waals surface area contributed by atoms with Crippen molar-refractivity contribution in [2.45, 2.75) is 50.7 Å². The van der Waals surface area contributed by atoms with Gasteiger partial charge in [0.25, 0.3) is 0 Å². The van der Waals surface area contributed by atoms with E-state index < -0.39 is 5.60 Å². The number of hydrogen-bond acceptors (Lipinski definition) is 2. The van der Waals surface area contributed by atoms with E-state index in [1.54, 1.807) is 0 Å². The Balaban J connectivity index is 0.00000162. The molecule has 0 aromatic heterocycles. The molecule has 0 bridgehead atoms. The number of aliphatic hydroxyl groups is 1. The Hall–Kier alpha value is 0.244. The molecule has 2 N–H and O–H groups in total. The van der Waals surface area contributed by atoms with Crippen LogP contribution in [0.15, 0.2) is 24.3 Å². The van der Waals surface area contributed by atoms with E-state index in [0.717, 1.165) is 5.56 Å². The summed E-state index contributed by atoms with van der Waals surface area (Å²) in [6.45, 7) is 2.47. The molecule has 0 spiro atoms. The van der Waals surface area contributed by atoms with E-state index in [1.165, 1.54) is 32.1 Å². The van der Waals surface area contributed by atoms with Crippen molar-refractivity contribution in [2.75, 3.05) is 6.54 Å². The molecule has 1 fully saturated rings. The summed E-state index contributed by atoms with van der Waals surface area (Å²) in [5.74, 6) is 0. The summed E-state index contributed by atoms with van der Waals surface area (Å²) in [5.41, 5.74) is 0.0434. The molecule has 1 unspecified atom stereocenters. The second kappa shape index (κ2) is 7.74. The van der Waals surface area contributed by atoms with Gasteiger partial charge in [0.1, 0.15) is 0 Å². The van der Waals surface area contributed by atoms with Crippen LogP contribution in [0.5, 0.6) is 0 Å². The van der Waals surface area contributed by atoms with Crippen molar-refractivity contribution < 1.29 is 37.8 Å². The van der Waals surface area contributed by atoms with Crippen molar-refractivity contribution in [2.24, 2.45) is 0 Å². The summed E-state index contributed by atoms with van der Waals surface area (Å²) in [6, 6.07) is 11.3. The minimum Gasteiger partial charge on any atom is -0.386 e. The molecule has 1 radical (unpaired) electrons. The first kappa shape index (κ1) is 16.3. The first-order valence-electron chi connectivity index (χ1n) is 6.61. The van der Waals surface area contributed by atoms with Gasteiger partial charge in [-0.1, -0.05) is 19.3 Å². The Morgan fingerprint density at radius 2 is 2.06 bits per heavy atom. The monoisotopic (exact) mass is 321 g/mol. The molecule has 1 aliphatic carbocycles. The molecule has 0 saturated heterocycles. The average Bonchev–Trinajstić information content (AvgIpc) is 2.39. The van der Waals surface area contributed by atoms with Crippen LogP contribution in [-0.4, -0.2) is 17.7 Å². The maximum atomic E-state index is 10.4. The van der Waals surface area contributed by atoms with E-state index in [-0.39, 0.29) is 32.7 Å². The van der Waals surface area contributed by atoms with Crippen LogP contribution < -0.4 is 5.32 Å². The van der Waals surface area contributed by atoms with Crippen LogP contribution in [0.2, 0.25) is 0 Å². The zero-order valence-corrected chi connectivity index (χ0v) is 14.0. The summed E-state index contributed by atoms with van der Waals surface area (Å²) in [6.07, 6.45) is 6.48. The van der Waals surface area contributed by atoms with Crippen molar-refractivity contribution in [3.8, 4) is 0 Å². The summed E-state index contributed by atoms with van der Waals surface area (Å²) >= 11 is 0. The van der Waals surface area contributed by atoms with E-state index in [0.29, 0.717) is 12.6 Å². The maximum absolute atomic E-state index is 10.4. The van der Waals surface area contributed by atoms with Gasteiger partial charge in [0.15, 0.2) is 0 Å². The van der Waals surface area contributed by atoms with E-state index in [9.17, 15) is 5.11 Å². The molecule has 0 heterocycles. The Morgan fingerprint density at radius 1 is 1.33 bits per heavy atom. The Morgan fingerprint density at radius 3 is 2.67 bits per heavy atom. The third-order valence-electron chi connectivity index (χ3n) is 3.63. The second-order valence-corrected chi connectivity index (χ2v) is 5.27. The van der Waals surface area contributed by atoms with Gasteiger partial charge < -0.3 is 10.4 Å². The molecular formula is C15H22NOY-. The van der Waals surface area contributed by atoms with Gasteiger partial charge in [-0.3, -0.25) is 0 Å². The quantitative estimate of drug-likeness (QED) is 0.836. The summed E-state index contributed by atoms with van der Waals surface area (Å²) in [4.78, 5) is 0. The van der Waals surface area contributed by atoms with Crippen LogP contribution in [-0.2, 0) is 38.3 Å². The summed E-state index contributed by atoms with van der Waals surface area (Å²) in [7, 11) is 0. The van der Waals surface area contributed by atoms with Crippen molar-refractivity contribution in [3.63, 3.8) is 0 Å². The molecule has 1 aromatic rings. The SMILES string of the molecule is CC(O)(CNC1CCCCC1)c1[c-]cccc1.[Y]. The molecule has 97 valence electrons. The van der Waals surface area contributed by atoms with Crippen molar-refractivity contribution >= 4 is 0 Å². The van der Waals surface area contributed by atoms with E-state index in [2.05, 4.69) is 11.4 Å². The number of rotatable bonds is 4. The molecule has 1 atom stereocenters. The third kappa shape index (κ3) is 4.73. The van der Waals surface area contributed by atoms with Gasteiger partial charge in [-0.25, -0.2) is 0 Å². The van der Waals surface area contributed by atoms with E-state index in [1.807, 2.05) is 31.2 Å². The Labute approximate surface area is 135 Å². The Bertz CT molecular complexity index is 334. The van der Waals surface area contributed by atoms with Crippen LogP contribution in [0, 0.1) is 6.07 Å². The van der Waals surface area contributed by atoms with Crippen LogP contribution in [0.4, 0.5) is 0 Å². The van der Waals surface area contributed by atoms with Crippen molar-refractivity contribution in [1.29, 1.82) is 0 Å². The van der Waals surface area contributed by atoms with Crippen molar-refractivity contribution in [3.05, 3.63) is 35.9 Å². The molecule has 0 aliphatic heterocycles.